The summed E-state index contributed by atoms with van der Waals surface area (Å²) < 4.78 is 37.6. The molecule has 2 rings (SSSR count). The second-order valence-corrected chi connectivity index (χ2v) is 6.08. The lowest BCUT2D eigenvalue weighted by Gasteiger charge is -2.16. The van der Waals surface area contributed by atoms with Gasteiger partial charge in [0, 0.05) is 11.3 Å². The lowest BCUT2D eigenvalue weighted by atomic mass is 10.0. The van der Waals surface area contributed by atoms with Crippen LogP contribution in [-0.2, 0) is 12.6 Å². The van der Waals surface area contributed by atoms with Crippen LogP contribution in [0.3, 0.4) is 0 Å². The van der Waals surface area contributed by atoms with Crippen LogP contribution in [0.5, 0.6) is 0 Å². The van der Waals surface area contributed by atoms with Gasteiger partial charge in [-0.25, -0.2) is 4.98 Å². The number of thiazole rings is 1. The Morgan fingerprint density at radius 2 is 1.86 bits per heavy atom. The SMILES string of the molecule is Cc1nc(CC(NN)c2ccc(C(F)(F)F)cc2)sc1C. The zero-order chi connectivity index (χ0) is 15.6. The number of hydrogen-bond acceptors (Lipinski definition) is 4. The molecule has 0 amide bonds. The van der Waals surface area contributed by atoms with Crippen molar-refractivity contribution < 1.29 is 13.2 Å². The first kappa shape index (κ1) is 15.9. The van der Waals surface area contributed by atoms with Gasteiger partial charge in [-0.05, 0) is 31.5 Å². The molecule has 0 aliphatic heterocycles. The van der Waals surface area contributed by atoms with Crippen LogP contribution >= 0.6 is 11.3 Å². The number of halogens is 3. The number of hydrazine groups is 1. The number of aryl methyl sites for hydroxylation is 2. The van der Waals surface area contributed by atoms with Gasteiger partial charge in [-0.2, -0.15) is 13.2 Å². The zero-order valence-electron chi connectivity index (χ0n) is 11.7. The van der Waals surface area contributed by atoms with Crippen molar-refractivity contribution in [3.63, 3.8) is 0 Å². The average molecular weight is 315 g/mol. The van der Waals surface area contributed by atoms with Crippen LogP contribution < -0.4 is 11.3 Å². The summed E-state index contributed by atoms with van der Waals surface area (Å²) in [5, 5.41) is 0.910. The van der Waals surface area contributed by atoms with Gasteiger partial charge in [0.1, 0.15) is 0 Å². The molecule has 0 aliphatic rings. The molecule has 3 nitrogen and oxygen atoms in total. The Morgan fingerprint density at radius 3 is 2.29 bits per heavy atom. The molecular weight excluding hydrogens is 299 g/mol. The van der Waals surface area contributed by atoms with Crippen molar-refractivity contribution in [3.8, 4) is 0 Å². The van der Waals surface area contributed by atoms with E-state index in [0.29, 0.717) is 12.0 Å². The van der Waals surface area contributed by atoms with Crippen molar-refractivity contribution in [3.05, 3.63) is 51.0 Å². The molecule has 1 unspecified atom stereocenters. The van der Waals surface area contributed by atoms with Gasteiger partial charge in [-0.15, -0.1) is 11.3 Å². The van der Waals surface area contributed by atoms with E-state index in [-0.39, 0.29) is 6.04 Å². The first-order valence-electron chi connectivity index (χ1n) is 6.37. The van der Waals surface area contributed by atoms with Gasteiger partial charge in [0.15, 0.2) is 0 Å². The number of nitrogens with one attached hydrogen (secondary N) is 1. The van der Waals surface area contributed by atoms with E-state index in [4.69, 9.17) is 5.84 Å². The third-order valence-corrected chi connectivity index (χ3v) is 4.39. The Morgan fingerprint density at radius 1 is 1.24 bits per heavy atom. The maximum atomic E-state index is 12.5. The highest BCUT2D eigenvalue weighted by molar-refractivity contribution is 7.11. The fraction of sp³-hybridized carbons (Fsp3) is 0.357. The van der Waals surface area contributed by atoms with E-state index in [2.05, 4.69) is 10.4 Å². The molecule has 1 aromatic carbocycles. The van der Waals surface area contributed by atoms with Crippen LogP contribution in [-0.4, -0.2) is 4.98 Å². The van der Waals surface area contributed by atoms with E-state index in [1.165, 1.54) is 12.1 Å². The molecule has 1 aromatic heterocycles. The fourth-order valence-electron chi connectivity index (χ4n) is 1.98. The van der Waals surface area contributed by atoms with Gasteiger partial charge in [-0.3, -0.25) is 11.3 Å². The molecular formula is C14H16F3N3S. The summed E-state index contributed by atoms with van der Waals surface area (Å²) in [7, 11) is 0. The highest BCUT2D eigenvalue weighted by atomic mass is 32.1. The molecule has 0 aliphatic carbocycles. The highest BCUT2D eigenvalue weighted by Crippen LogP contribution is 2.30. The monoisotopic (exact) mass is 315 g/mol. The molecule has 1 atom stereocenters. The van der Waals surface area contributed by atoms with Crippen LogP contribution in [0, 0.1) is 13.8 Å². The summed E-state index contributed by atoms with van der Waals surface area (Å²) in [4.78, 5) is 5.56. The molecule has 0 bridgehead atoms. The summed E-state index contributed by atoms with van der Waals surface area (Å²) in [5.41, 5.74) is 3.65. The Labute approximate surface area is 125 Å². The van der Waals surface area contributed by atoms with E-state index < -0.39 is 11.7 Å². The minimum absolute atomic E-state index is 0.266. The maximum Gasteiger partial charge on any atom is 0.416 e. The predicted octanol–water partition coefficient (Wildman–Crippen LogP) is 3.53. The highest BCUT2D eigenvalue weighted by Gasteiger charge is 2.30. The van der Waals surface area contributed by atoms with E-state index in [1.807, 2.05) is 13.8 Å². The minimum Gasteiger partial charge on any atom is -0.271 e. The Hall–Kier alpha value is -1.44. The third kappa shape index (κ3) is 3.81. The van der Waals surface area contributed by atoms with E-state index >= 15 is 0 Å². The standard InChI is InChI=1S/C14H16F3N3S/c1-8-9(2)21-13(19-8)7-12(20-18)10-3-5-11(6-4-10)14(15,16)17/h3-6,12,20H,7,18H2,1-2H3. The number of alkyl halides is 3. The van der Waals surface area contributed by atoms with Crippen LogP contribution in [0.1, 0.15) is 32.7 Å². The molecule has 0 spiro atoms. The first-order chi connectivity index (χ1) is 9.81. The Kier molecular flexibility index (Phi) is 4.65. The molecule has 0 fully saturated rings. The fourth-order valence-corrected chi connectivity index (χ4v) is 2.96. The predicted molar refractivity (Wildman–Crippen MR) is 76.8 cm³/mol. The summed E-state index contributed by atoms with van der Waals surface area (Å²) in [5.74, 6) is 5.53. The van der Waals surface area contributed by atoms with Gasteiger partial charge < -0.3 is 0 Å². The molecule has 3 N–H and O–H groups in total. The number of aromatic nitrogens is 1. The summed E-state index contributed by atoms with van der Waals surface area (Å²) in [6, 6.07) is 4.76. The summed E-state index contributed by atoms with van der Waals surface area (Å²) >= 11 is 1.57. The Balaban J connectivity index is 2.17. The normalized spacial score (nSPS) is 13.4. The molecule has 1 heterocycles. The van der Waals surface area contributed by atoms with Gasteiger partial charge in [0.25, 0.3) is 0 Å². The van der Waals surface area contributed by atoms with E-state index in [9.17, 15) is 13.2 Å². The average Bonchev–Trinajstić information content (AvgIpc) is 2.74. The molecule has 0 saturated carbocycles. The van der Waals surface area contributed by atoms with E-state index in [0.717, 1.165) is 27.7 Å². The van der Waals surface area contributed by atoms with Crippen molar-refractivity contribution in [2.24, 2.45) is 5.84 Å². The molecule has 7 heteroatoms. The first-order valence-corrected chi connectivity index (χ1v) is 7.19. The van der Waals surface area contributed by atoms with Crippen molar-refractivity contribution in [2.45, 2.75) is 32.5 Å². The van der Waals surface area contributed by atoms with Gasteiger partial charge >= 0.3 is 6.18 Å². The molecule has 2 aromatic rings. The number of hydrogen-bond donors (Lipinski definition) is 2. The molecule has 21 heavy (non-hydrogen) atoms. The smallest absolute Gasteiger partial charge is 0.271 e. The topological polar surface area (TPSA) is 50.9 Å². The molecule has 114 valence electrons. The van der Waals surface area contributed by atoms with Crippen molar-refractivity contribution in [1.29, 1.82) is 0 Å². The molecule has 0 saturated heterocycles. The van der Waals surface area contributed by atoms with Crippen molar-refractivity contribution in [1.82, 2.24) is 10.4 Å². The summed E-state index contributed by atoms with van der Waals surface area (Å²) in [6.07, 6.45) is -3.78. The minimum atomic E-state index is -4.33. The number of benzene rings is 1. The quantitative estimate of drug-likeness (QED) is 0.670. The second kappa shape index (κ2) is 6.13. The van der Waals surface area contributed by atoms with Crippen LogP contribution in [0.25, 0.3) is 0 Å². The summed E-state index contributed by atoms with van der Waals surface area (Å²) in [6.45, 7) is 3.91. The lowest BCUT2D eigenvalue weighted by molar-refractivity contribution is -0.137. The number of rotatable bonds is 4. The number of nitrogens with two attached hydrogens (primary N) is 1. The van der Waals surface area contributed by atoms with Crippen LogP contribution in [0.4, 0.5) is 13.2 Å². The van der Waals surface area contributed by atoms with Gasteiger partial charge in [0.05, 0.1) is 22.3 Å². The lowest BCUT2D eigenvalue weighted by Crippen LogP contribution is -2.29. The maximum absolute atomic E-state index is 12.5. The van der Waals surface area contributed by atoms with Crippen molar-refractivity contribution >= 4 is 11.3 Å². The van der Waals surface area contributed by atoms with Crippen LogP contribution in [0.15, 0.2) is 24.3 Å². The van der Waals surface area contributed by atoms with Crippen LogP contribution in [0.2, 0.25) is 0 Å². The number of nitrogens with zero attached hydrogens (tertiary/aromatic N) is 1. The largest absolute Gasteiger partial charge is 0.416 e. The van der Waals surface area contributed by atoms with Gasteiger partial charge in [0.2, 0.25) is 0 Å². The zero-order valence-corrected chi connectivity index (χ0v) is 12.5. The van der Waals surface area contributed by atoms with Crippen molar-refractivity contribution in [2.75, 3.05) is 0 Å². The Bertz CT molecular complexity index is 585. The molecule has 0 radical (unpaired) electrons. The second-order valence-electron chi connectivity index (χ2n) is 4.79. The third-order valence-electron chi connectivity index (χ3n) is 3.29. The van der Waals surface area contributed by atoms with Gasteiger partial charge in [-0.1, -0.05) is 12.1 Å². The van der Waals surface area contributed by atoms with E-state index in [1.54, 1.807) is 11.3 Å².